The van der Waals surface area contributed by atoms with Gasteiger partial charge in [-0.15, -0.1) is 0 Å². The molecule has 0 aliphatic carbocycles. The van der Waals surface area contributed by atoms with Gasteiger partial charge in [0.2, 0.25) is 0 Å². The van der Waals surface area contributed by atoms with Crippen LogP contribution < -0.4 is 14.8 Å². The molecule has 0 atom stereocenters. The molecule has 2 aromatic carbocycles. The summed E-state index contributed by atoms with van der Waals surface area (Å²) in [4.78, 5) is 0. The largest absolute Gasteiger partial charge is 0.496 e. The van der Waals surface area contributed by atoms with E-state index in [1.807, 2.05) is 41.1 Å². The summed E-state index contributed by atoms with van der Waals surface area (Å²) in [6, 6.07) is 11.6. The van der Waals surface area contributed by atoms with E-state index in [-0.39, 0.29) is 0 Å². The van der Waals surface area contributed by atoms with Crippen molar-refractivity contribution >= 4 is 17.4 Å². The molecule has 0 radical (unpaired) electrons. The lowest BCUT2D eigenvalue weighted by Crippen LogP contribution is -2.06. The van der Waals surface area contributed by atoms with Gasteiger partial charge in [0.15, 0.2) is 0 Å². The summed E-state index contributed by atoms with van der Waals surface area (Å²) >= 11 is 6.24. The zero-order chi connectivity index (χ0) is 18.3. The van der Waals surface area contributed by atoms with E-state index < -0.39 is 0 Å². The zero-order valence-corrected chi connectivity index (χ0v) is 15.7. The van der Waals surface area contributed by atoms with Gasteiger partial charge in [-0.2, -0.15) is 5.10 Å². The van der Waals surface area contributed by atoms with Gasteiger partial charge in [0.1, 0.15) is 23.0 Å². The fraction of sp³-hybridized carbons (Fsp3) is 0.250. The van der Waals surface area contributed by atoms with Crippen LogP contribution >= 0.6 is 11.6 Å². The monoisotopic (exact) mass is 369 g/mol. The van der Waals surface area contributed by atoms with Crippen LogP contribution in [0, 0.1) is 6.92 Å². The molecule has 5 nitrogen and oxygen atoms in total. The van der Waals surface area contributed by atoms with E-state index in [1.54, 1.807) is 14.2 Å². The number of halogens is 1. The summed E-state index contributed by atoms with van der Waals surface area (Å²) < 4.78 is 13.1. The van der Waals surface area contributed by atoms with Crippen LogP contribution in [0.2, 0.25) is 5.02 Å². The van der Waals surface area contributed by atoms with E-state index in [4.69, 9.17) is 26.2 Å². The Labute approximate surface area is 157 Å². The van der Waals surface area contributed by atoms with E-state index in [0.717, 1.165) is 58.4 Å². The minimum absolute atomic E-state index is 0.685. The lowest BCUT2D eigenvalue weighted by atomic mass is 10.0. The molecule has 0 amide bonds. The van der Waals surface area contributed by atoms with E-state index in [1.165, 1.54) is 0 Å². The molecule has 1 aliphatic rings. The Morgan fingerprint density at radius 3 is 2.54 bits per heavy atom. The van der Waals surface area contributed by atoms with E-state index in [2.05, 4.69) is 12.2 Å². The number of hydrogen-bond donors (Lipinski definition) is 1. The number of aryl methyl sites for hydroxylation is 1. The first-order chi connectivity index (χ1) is 12.6. The third-order valence-corrected chi connectivity index (χ3v) is 4.95. The van der Waals surface area contributed by atoms with Gasteiger partial charge in [-0.3, -0.25) is 0 Å². The van der Waals surface area contributed by atoms with Gasteiger partial charge < -0.3 is 14.8 Å². The van der Waals surface area contributed by atoms with Gasteiger partial charge in [-0.1, -0.05) is 23.7 Å². The first kappa shape index (κ1) is 16.8. The maximum absolute atomic E-state index is 6.24. The predicted molar refractivity (Wildman–Crippen MR) is 104 cm³/mol. The van der Waals surface area contributed by atoms with Crippen LogP contribution in [0.4, 0.5) is 5.82 Å². The number of nitrogens with zero attached hydrogens (tertiary/aromatic N) is 2. The van der Waals surface area contributed by atoms with Crippen LogP contribution in [0.15, 0.2) is 36.4 Å². The number of fused-ring (bicyclic) bond motifs is 1. The summed E-state index contributed by atoms with van der Waals surface area (Å²) in [5, 5.41) is 9.07. The molecule has 3 aromatic rings. The minimum Gasteiger partial charge on any atom is -0.496 e. The van der Waals surface area contributed by atoms with E-state index in [0.29, 0.717) is 5.02 Å². The molecule has 0 spiro atoms. The zero-order valence-electron chi connectivity index (χ0n) is 15.0. The third kappa shape index (κ3) is 2.59. The van der Waals surface area contributed by atoms with Crippen molar-refractivity contribution in [1.82, 2.24) is 9.78 Å². The second-order valence-electron chi connectivity index (χ2n) is 6.23. The summed E-state index contributed by atoms with van der Waals surface area (Å²) in [5.41, 5.74) is 4.97. The van der Waals surface area contributed by atoms with Crippen molar-refractivity contribution in [1.29, 1.82) is 0 Å². The van der Waals surface area contributed by atoms with Gasteiger partial charge in [0, 0.05) is 17.1 Å². The van der Waals surface area contributed by atoms with E-state index >= 15 is 0 Å². The quantitative estimate of drug-likeness (QED) is 0.736. The van der Waals surface area contributed by atoms with Crippen LogP contribution in [0.25, 0.3) is 16.9 Å². The second-order valence-corrected chi connectivity index (χ2v) is 6.67. The highest BCUT2D eigenvalue weighted by Crippen LogP contribution is 2.43. The Balaban J connectivity index is 1.98. The van der Waals surface area contributed by atoms with Crippen molar-refractivity contribution in [2.45, 2.75) is 13.3 Å². The first-order valence-corrected chi connectivity index (χ1v) is 8.85. The summed E-state index contributed by atoms with van der Waals surface area (Å²) in [6.45, 7) is 2.93. The smallest absolute Gasteiger partial charge is 0.133 e. The van der Waals surface area contributed by atoms with Crippen molar-refractivity contribution in [3.63, 3.8) is 0 Å². The summed E-state index contributed by atoms with van der Waals surface area (Å²) in [6.07, 6.45) is 0.894. The van der Waals surface area contributed by atoms with Gasteiger partial charge in [-0.05, 0) is 43.2 Å². The standard InChI is InChI=1S/C20H20ClN3O2/c1-12-7-8-13(21)11-15(12)24-20-14(9-10-22-20)19(23-24)18-16(25-2)5-4-6-17(18)26-3/h4-8,11,22H,9-10H2,1-3H3. The minimum atomic E-state index is 0.685. The highest BCUT2D eigenvalue weighted by Gasteiger charge is 2.28. The SMILES string of the molecule is COc1cccc(OC)c1-c1nn(-c2cc(Cl)ccc2C)c2c1CCN2. The Morgan fingerprint density at radius 1 is 1.12 bits per heavy atom. The number of aromatic nitrogens is 2. The average Bonchev–Trinajstić information content (AvgIpc) is 3.26. The molecule has 134 valence electrons. The molecule has 2 heterocycles. The van der Waals surface area contributed by atoms with Crippen molar-refractivity contribution in [2.75, 3.05) is 26.1 Å². The number of ether oxygens (including phenoxy) is 2. The molecule has 0 unspecified atom stereocenters. The van der Waals surface area contributed by atoms with Crippen LogP contribution in [-0.4, -0.2) is 30.5 Å². The Kier molecular flexibility index (Phi) is 4.24. The maximum atomic E-state index is 6.24. The number of methoxy groups -OCH3 is 2. The molecule has 1 N–H and O–H groups in total. The van der Waals surface area contributed by atoms with Crippen LogP contribution in [0.3, 0.4) is 0 Å². The molecule has 6 heteroatoms. The summed E-state index contributed by atoms with van der Waals surface area (Å²) in [7, 11) is 3.32. The van der Waals surface area contributed by atoms with Crippen LogP contribution in [0.5, 0.6) is 11.5 Å². The number of rotatable bonds is 4. The van der Waals surface area contributed by atoms with Crippen molar-refractivity contribution in [3.8, 4) is 28.4 Å². The molecule has 0 saturated heterocycles. The van der Waals surface area contributed by atoms with Gasteiger partial charge >= 0.3 is 0 Å². The molecular formula is C20H20ClN3O2. The molecular weight excluding hydrogens is 350 g/mol. The van der Waals surface area contributed by atoms with Gasteiger partial charge in [0.05, 0.1) is 25.5 Å². The van der Waals surface area contributed by atoms with Gasteiger partial charge in [-0.25, -0.2) is 4.68 Å². The molecule has 0 bridgehead atoms. The van der Waals surface area contributed by atoms with Crippen LogP contribution in [0.1, 0.15) is 11.1 Å². The molecule has 26 heavy (non-hydrogen) atoms. The Morgan fingerprint density at radius 2 is 1.85 bits per heavy atom. The van der Waals surface area contributed by atoms with Crippen molar-refractivity contribution in [2.24, 2.45) is 0 Å². The molecule has 1 aliphatic heterocycles. The van der Waals surface area contributed by atoms with Gasteiger partial charge in [0.25, 0.3) is 0 Å². The number of nitrogens with one attached hydrogen (secondary N) is 1. The van der Waals surface area contributed by atoms with Crippen molar-refractivity contribution < 1.29 is 9.47 Å². The highest BCUT2D eigenvalue weighted by atomic mass is 35.5. The third-order valence-electron chi connectivity index (χ3n) is 4.71. The summed E-state index contributed by atoms with van der Waals surface area (Å²) in [5.74, 6) is 2.48. The Hall–Kier alpha value is -2.66. The lowest BCUT2D eigenvalue weighted by molar-refractivity contribution is 0.397. The van der Waals surface area contributed by atoms with Crippen LogP contribution in [-0.2, 0) is 6.42 Å². The molecule has 0 fully saturated rings. The second kappa shape index (κ2) is 6.57. The number of anilines is 1. The van der Waals surface area contributed by atoms with E-state index in [9.17, 15) is 0 Å². The number of hydrogen-bond acceptors (Lipinski definition) is 4. The fourth-order valence-corrected chi connectivity index (χ4v) is 3.61. The molecule has 0 saturated carbocycles. The normalized spacial score (nSPS) is 12.6. The average molecular weight is 370 g/mol. The maximum Gasteiger partial charge on any atom is 0.133 e. The predicted octanol–water partition coefficient (Wildman–Crippen LogP) is 4.49. The highest BCUT2D eigenvalue weighted by molar-refractivity contribution is 6.30. The number of benzene rings is 2. The van der Waals surface area contributed by atoms with Crippen molar-refractivity contribution in [3.05, 3.63) is 52.5 Å². The Bertz CT molecular complexity index is 959. The molecule has 4 rings (SSSR count). The fourth-order valence-electron chi connectivity index (χ4n) is 3.45. The topological polar surface area (TPSA) is 48.3 Å². The first-order valence-electron chi connectivity index (χ1n) is 8.47. The molecule has 1 aromatic heterocycles. The lowest BCUT2D eigenvalue weighted by Gasteiger charge is -2.12.